The highest BCUT2D eigenvalue weighted by Crippen LogP contribution is 2.23. The maximum atomic E-state index is 13.1. The lowest BCUT2D eigenvalue weighted by Crippen LogP contribution is -2.45. The molecule has 3 N–H and O–H groups in total. The monoisotopic (exact) mass is 521 g/mol. The van der Waals surface area contributed by atoms with E-state index in [0.29, 0.717) is 61.9 Å². The molecule has 0 spiro atoms. The molecule has 1 aliphatic rings. The molecule has 2 atom stereocenters. The van der Waals surface area contributed by atoms with Crippen LogP contribution in [0.4, 0.5) is 21.8 Å². The normalized spacial score (nSPS) is 16.8. The number of likely N-dealkylation sites (tertiary alicyclic amines) is 1. The Labute approximate surface area is 223 Å². The van der Waals surface area contributed by atoms with Crippen LogP contribution in [0.1, 0.15) is 31.7 Å². The summed E-state index contributed by atoms with van der Waals surface area (Å²) in [5, 5.41) is 9.00. The highest BCUT2D eigenvalue weighted by Gasteiger charge is 2.36. The Hall–Kier alpha value is -3.97. The molecule has 1 saturated heterocycles. The SMILES string of the molecule is CNc1nc(Nc2ccc(F)cc2)ncc1C#CCCCNC(=O)C1C[C@H](C)CN1C(=O)/C=C/CN(C)C. The van der Waals surface area contributed by atoms with E-state index in [1.54, 1.807) is 36.4 Å². The van der Waals surface area contributed by atoms with Crippen molar-refractivity contribution in [1.29, 1.82) is 0 Å². The molecular weight excluding hydrogens is 485 g/mol. The molecule has 10 heteroatoms. The first-order valence-corrected chi connectivity index (χ1v) is 12.7. The van der Waals surface area contributed by atoms with Gasteiger partial charge in [0, 0.05) is 44.9 Å². The van der Waals surface area contributed by atoms with E-state index in [4.69, 9.17) is 0 Å². The van der Waals surface area contributed by atoms with Crippen molar-refractivity contribution < 1.29 is 14.0 Å². The fourth-order valence-electron chi connectivity index (χ4n) is 4.05. The first-order chi connectivity index (χ1) is 18.3. The molecule has 202 valence electrons. The Bertz CT molecular complexity index is 1190. The van der Waals surface area contributed by atoms with Crippen LogP contribution in [0.5, 0.6) is 0 Å². The smallest absolute Gasteiger partial charge is 0.246 e. The lowest BCUT2D eigenvalue weighted by Gasteiger charge is -2.22. The quantitative estimate of drug-likeness (QED) is 0.251. The van der Waals surface area contributed by atoms with Crippen molar-refractivity contribution >= 4 is 29.3 Å². The van der Waals surface area contributed by atoms with Crippen molar-refractivity contribution in [2.45, 2.75) is 32.2 Å². The first kappa shape index (κ1) is 28.6. The predicted molar refractivity (Wildman–Crippen MR) is 147 cm³/mol. The van der Waals surface area contributed by atoms with E-state index in [-0.39, 0.29) is 23.5 Å². The second kappa shape index (κ2) is 14.1. The number of amides is 2. The van der Waals surface area contributed by atoms with Crippen molar-refractivity contribution in [2.24, 2.45) is 5.92 Å². The molecule has 1 aromatic carbocycles. The lowest BCUT2D eigenvalue weighted by molar-refractivity contribution is -0.135. The van der Waals surface area contributed by atoms with Crippen LogP contribution < -0.4 is 16.0 Å². The maximum absolute atomic E-state index is 13.1. The van der Waals surface area contributed by atoms with Crippen molar-refractivity contribution in [3.8, 4) is 11.8 Å². The van der Waals surface area contributed by atoms with Crippen LogP contribution in [0.15, 0.2) is 42.6 Å². The summed E-state index contributed by atoms with van der Waals surface area (Å²) >= 11 is 0. The van der Waals surface area contributed by atoms with Crippen LogP contribution in [0, 0.1) is 23.6 Å². The molecule has 0 radical (unpaired) electrons. The number of carbonyl (C=O) groups is 2. The van der Waals surface area contributed by atoms with Gasteiger partial charge in [0.1, 0.15) is 17.7 Å². The van der Waals surface area contributed by atoms with Crippen LogP contribution in [0.25, 0.3) is 0 Å². The van der Waals surface area contributed by atoms with Gasteiger partial charge in [-0.2, -0.15) is 4.98 Å². The fraction of sp³-hybridized carbons (Fsp3) is 0.429. The minimum atomic E-state index is -0.440. The van der Waals surface area contributed by atoms with Gasteiger partial charge < -0.3 is 25.8 Å². The van der Waals surface area contributed by atoms with Gasteiger partial charge in [-0.15, -0.1) is 0 Å². The zero-order chi connectivity index (χ0) is 27.5. The molecule has 0 bridgehead atoms. The second-order valence-corrected chi connectivity index (χ2v) is 9.55. The van der Waals surface area contributed by atoms with Gasteiger partial charge in [0.15, 0.2) is 0 Å². The number of nitrogens with zero attached hydrogens (tertiary/aromatic N) is 4. The van der Waals surface area contributed by atoms with Crippen molar-refractivity contribution in [3.05, 3.63) is 54.0 Å². The van der Waals surface area contributed by atoms with Gasteiger partial charge in [0.05, 0.1) is 11.8 Å². The number of hydrogen-bond acceptors (Lipinski definition) is 7. The third kappa shape index (κ3) is 8.56. The minimum absolute atomic E-state index is 0.119. The zero-order valence-corrected chi connectivity index (χ0v) is 22.4. The van der Waals surface area contributed by atoms with Crippen LogP contribution in [-0.4, -0.2) is 78.4 Å². The largest absolute Gasteiger partial charge is 0.372 e. The van der Waals surface area contributed by atoms with Crippen LogP contribution in [0.3, 0.4) is 0 Å². The summed E-state index contributed by atoms with van der Waals surface area (Å²) in [6, 6.07) is 5.49. The molecule has 0 saturated carbocycles. The van der Waals surface area contributed by atoms with Crippen molar-refractivity contribution in [2.75, 3.05) is 51.4 Å². The van der Waals surface area contributed by atoms with E-state index in [1.165, 1.54) is 12.1 Å². The van der Waals surface area contributed by atoms with Crippen LogP contribution >= 0.6 is 0 Å². The van der Waals surface area contributed by atoms with Gasteiger partial charge in [0.2, 0.25) is 17.8 Å². The zero-order valence-electron chi connectivity index (χ0n) is 22.4. The Morgan fingerprint density at radius 2 is 2.03 bits per heavy atom. The molecule has 1 aliphatic heterocycles. The number of aromatic nitrogens is 2. The Morgan fingerprint density at radius 1 is 1.26 bits per heavy atom. The van der Waals surface area contributed by atoms with Crippen molar-refractivity contribution in [1.82, 2.24) is 25.1 Å². The number of unbranched alkanes of at least 4 members (excludes halogenated alkanes) is 1. The van der Waals surface area contributed by atoms with Gasteiger partial charge in [-0.25, -0.2) is 9.37 Å². The average molecular weight is 522 g/mol. The first-order valence-electron chi connectivity index (χ1n) is 12.7. The summed E-state index contributed by atoms with van der Waals surface area (Å²) in [7, 11) is 5.62. The molecule has 3 rings (SSSR count). The summed E-state index contributed by atoms with van der Waals surface area (Å²) in [6.45, 7) is 3.79. The van der Waals surface area contributed by atoms with Gasteiger partial charge in [0.25, 0.3) is 0 Å². The number of rotatable bonds is 10. The number of likely N-dealkylation sites (N-methyl/N-ethyl adjacent to an activating group) is 1. The molecule has 2 aromatic rings. The predicted octanol–water partition coefficient (Wildman–Crippen LogP) is 3.00. The number of carbonyl (C=O) groups excluding carboxylic acids is 2. The van der Waals surface area contributed by atoms with Gasteiger partial charge in [-0.05, 0) is 57.1 Å². The molecular formula is C28H36FN7O2. The Kier molecular flexibility index (Phi) is 10.6. The third-order valence-electron chi connectivity index (χ3n) is 5.95. The van der Waals surface area contributed by atoms with Gasteiger partial charge >= 0.3 is 0 Å². The summed E-state index contributed by atoms with van der Waals surface area (Å²) in [4.78, 5) is 37.7. The molecule has 1 aromatic heterocycles. The summed E-state index contributed by atoms with van der Waals surface area (Å²) in [5.74, 6) is 6.84. The lowest BCUT2D eigenvalue weighted by atomic mass is 10.1. The van der Waals surface area contributed by atoms with E-state index >= 15 is 0 Å². The van der Waals surface area contributed by atoms with Gasteiger partial charge in [-0.1, -0.05) is 24.8 Å². The number of nitrogens with one attached hydrogen (secondary N) is 3. The topological polar surface area (TPSA) is 102 Å². The fourth-order valence-corrected chi connectivity index (χ4v) is 4.05. The highest BCUT2D eigenvalue weighted by atomic mass is 19.1. The molecule has 1 fully saturated rings. The minimum Gasteiger partial charge on any atom is -0.372 e. The number of halogens is 1. The summed E-state index contributed by atoms with van der Waals surface area (Å²) in [6.07, 6.45) is 6.92. The van der Waals surface area contributed by atoms with Crippen LogP contribution in [0.2, 0.25) is 0 Å². The van der Waals surface area contributed by atoms with Crippen LogP contribution in [-0.2, 0) is 9.59 Å². The van der Waals surface area contributed by atoms with E-state index in [9.17, 15) is 14.0 Å². The number of benzene rings is 1. The van der Waals surface area contributed by atoms with Gasteiger partial charge in [-0.3, -0.25) is 9.59 Å². The molecule has 0 aliphatic carbocycles. The summed E-state index contributed by atoms with van der Waals surface area (Å²) < 4.78 is 13.1. The maximum Gasteiger partial charge on any atom is 0.246 e. The summed E-state index contributed by atoms with van der Waals surface area (Å²) in [5.41, 5.74) is 1.33. The van der Waals surface area contributed by atoms with E-state index < -0.39 is 6.04 Å². The second-order valence-electron chi connectivity index (χ2n) is 9.55. The molecule has 9 nitrogen and oxygen atoms in total. The molecule has 2 amide bonds. The van der Waals surface area contributed by atoms with Crippen molar-refractivity contribution in [3.63, 3.8) is 0 Å². The Balaban J connectivity index is 1.47. The molecule has 2 heterocycles. The van der Waals surface area contributed by atoms with E-state index in [0.717, 1.165) is 0 Å². The number of hydrogen-bond donors (Lipinski definition) is 3. The molecule has 38 heavy (non-hydrogen) atoms. The number of anilines is 3. The van der Waals surface area contributed by atoms with E-state index in [2.05, 4.69) is 44.7 Å². The standard InChI is InChI=1S/C28H36FN7O2/c1-20-17-24(36(19-20)25(37)10-8-16-35(3)4)27(38)31-15-7-5-6-9-21-18-32-28(34-26(21)30-2)33-23-13-11-22(29)12-14-23/h8,10-14,18,20,24H,5,7,15-17,19H2,1-4H3,(H,31,38)(H2,30,32,33,34)/b10-8+/t20-,24?/m0/s1. The average Bonchev–Trinajstić information content (AvgIpc) is 3.29. The third-order valence-corrected chi connectivity index (χ3v) is 5.95. The highest BCUT2D eigenvalue weighted by molar-refractivity contribution is 5.93. The molecule has 1 unspecified atom stereocenters. The Morgan fingerprint density at radius 3 is 2.74 bits per heavy atom. The van der Waals surface area contributed by atoms with E-state index in [1.807, 2.05) is 25.1 Å².